The zero-order chi connectivity index (χ0) is 16.5. The maximum atomic E-state index is 11.8. The van der Waals surface area contributed by atoms with E-state index in [0.717, 1.165) is 18.4 Å². The van der Waals surface area contributed by atoms with Crippen LogP contribution in [0.25, 0.3) is 0 Å². The molecule has 0 aliphatic carbocycles. The summed E-state index contributed by atoms with van der Waals surface area (Å²) < 4.78 is 22.7. The van der Waals surface area contributed by atoms with Crippen LogP contribution in [0.4, 0.5) is 0 Å². The third-order valence-corrected chi connectivity index (χ3v) is 4.23. The van der Waals surface area contributed by atoms with Crippen LogP contribution in [0, 0.1) is 5.41 Å². The Balaban J connectivity index is 1.74. The highest BCUT2D eigenvalue weighted by atomic mass is 16.9. The number of esters is 1. The van der Waals surface area contributed by atoms with Gasteiger partial charge in [-0.05, 0) is 25.5 Å². The lowest BCUT2D eigenvalue weighted by Gasteiger charge is -2.51. The highest BCUT2D eigenvalue weighted by Crippen LogP contribution is 2.46. The van der Waals surface area contributed by atoms with Crippen LogP contribution in [0.2, 0.25) is 0 Å². The summed E-state index contributed by atoms with van der Waals surface area (Å²) in [4.78, 5) is 11.8. The molecule has 3 aliphatic rings. The number of carbonyl (C=O) groups excluding carboxylic acids is 1. The number of allylic oxidation sites excluding steroid dienone is 1. The first-order valence-electron chi connectivity index (χ1n) is 7.89. The molecular formula is C18H22O5. The molecule has 0 unspecified atom stereocenters. The molecule has 1 aromatic rings. The fourth-order valence-corrected chi connectivity index (χ4v) is 3.02. The Morgan fingerprint density at radius 2 is 1.74 bits per heavy atom. The van der Waals surface area contributed by atoms with Crippen LogP contribution in [-0.4, -0.2) is 25.8 Å². The van der Waals surface area contributed by atoms with Crippen molar-refractivity contribution in [1.82, 2.24) is 0 Å². The van der Waals surface area contributed by atoms with Crippen LogP contribution in [0.15, 0.2) is 36.6 Å². The number of rotatable bonds is 5. The van der Waals surface area contributed by atoms with Crippen molar-refractivity contribution in [3.8, 4) is 0 Å². The zero-order valence-corrected chi connectivity index (χ0v) is 13.6. The van der Waals surface area contributed by atoms with Gasteiger partial charge in [-0.25, -0.2) is 4.79 Å². The lowest BCUT2D eigenvalue weighted by molar-refractivity contribution is -0.480. The summed E-state index contributed by atoms with van der Waals surface area (Å²) in [6, 6.07) is 6.89. The molecule has 1 aromatic carbocycles. The summed E-state index contributed by atoms with van der Waals surface area (Å²) in [5, 5.41) is 0. The first kappa shape index (κ1) is 16.2. The first-order chi connectivity index (χ1) is 11.0. The summed E-state index contributed by atoms with van der Waals surface area (Å²) in [5.41, 5.74) is 1.16. The van der Waals surface area contributed by atoms with Gasteiger partial charge in [0.15, 0.2) is 0 Å². The van der Waals surface area contributed by atoms with E-state index in [2.05, 4.69) is 13.5 Å². The molecule has 0 N–H and O–H groups in total. The molecule has 0 amide bonds. The maximum Gasteiger partial charge on any atom is 0.343 e. The van der Waals surface area contributed by atoms with Crippen LogP contribution in [0.5, 0.6) is 0 Å². The zero-order valence-electron chi connectivity index (χ0n) is 13.6. The highest BCUT2D eigenvalue weighted by molar-refractivity contribution is 5.90. The predicted octanol–water partition coefficient (Wildman–Crippen LogP) is 3.35. The molecule has 5 nitrogen and oxygen atoms in total. The summed E-state index contributed by atoms with van der Waals surface area (Å²) in [5.74, 6) is -1.22. The summed E-state index contributed by atoms with van der Waals surface area (Å²) in [7, 11) is 0. The van der Waals surface area contributed by atoms with Crippen molar-refractivity contribution in [3.05, 3.63) is 47.7 Å². The number of carbonyl (C=O) groups is 1. The molecule has 2 bridgehead atoms. The number of hydrogen-bond donors (Lipinski definition) is 0. The van der Waals surface area contributed by atoms with Crippen molar-refractivity contribution in [2.24, 2.45) is 5.41 Å². The van der Waals surface area contributed by atoms with Crippen molar-refractivity contribution in [2.45, 2.75) is 32.7 Å². The highest BCUT2D eigenvalue weighted by Gasteiger charge is 2.53. The Morgan fingerprint density at radius 1 is 1.17 bits per heavy atom. The van der Waals surface area contributed by atoms with E-state index in [1.165, 1.54) is 0 Å². The van der Waals surface area contributed by atoms with E-state index in [1.807, 2.05) is 0 Å². The average Bonchev–Trinajstić information content (AvgIpc) is 2.56. The van der Waals surface area contributed by atoms with Gasteiger partial charge in [0, 0.05) is 11.0 Å². The third-order valence-electron chi connectivity index (χ3n) is 4.23. The van der Waals surface area contributed by atoms with Crippen molar-refractivity contribution in [2.75, 3.05) is 19.8 Å². The second-order valence-electron chi connectivity index (χ2n) is 6.34. The van der Waals surface area contributed by atoms with E-state index in [0.29, 0.717) is 31.1 Å². The van der Waals surface area contributed by atoms with Gasteiger partial charge >= 0.3 is 11.9 Å². The van der Waals surface area contributed by atoms with Gasteiger partial charge < -0.3 is 18.9 Å². The average molecular weight is 318 g/mol. The van der Waals surface area contributed by atoms with Crippen molar-refractivity contribution in [1.29, 1.82) is 0 Å². The molecule has 124 valence electrons. The molecule has 3 saturated heterocycles. The molecule has 0 spiro atoms. The molecule has 3 fully saturated rings. The molecule has 0 saturated carbocycles. The minimum absolute atomic E-state index is 0.0261. The van der Waals surface area contributed by atoms with Crippen LogP contribution < -0.4 is 0 Å². The predicted molar refractivity (Wildman–Crippen MR) is 83.5 cm³/mol. The Morgan fingerprint density at radius 3 is 2.22 bits per heavy atom. The third kappa shape index (κ3) is 3.04. The quantitative estimate of drug-likeness (QED) is 0.615. The van der Waals surface area contributed by atoms with Crippen LogP contribution in [0.1, 0.15) is 42.6 Å². The molecule has 3 heterocycles. The fourth-order valence-electron chi connectivity index (χ4n) is 3.02. The summed E-state index contributed by atoms with van der Waals surface area (Å²) in [6.07, 6.45) is 2.09. The largest absolute Gasteiger partial charge is 0.428 e. The van der Waals surface area contributed by atoms with E-state index in [9.17, 15) is 4.79 Å². The molecular weight excluding hydrogens is 296 g/mol. The van der Waals surface area contributed by atoms with E-state index in [4.69, 9.17) is 18.9 Å². The molecule has 4 rings (SSSR count). The van der Waals surface area contributed by atoms with E-state index in [-0.39, 0.29) is 5.41 Å². The minimum Gasteiger partial charge on any atom is -0.428 e. The Bertz CT molecular complexity index is 580. The van der Waals surface area contributed by atoms with Crippen LogP contribution in [-0.2, 0) is 24.9 Å². The van der Waals surface area contributed by atoms with Gasteiger partial charge in [-0.1, -0.05) is 32.1 Å². The van der Waals surface area contributed by atoms with Crippen LogP contribution in [0.3, 0.4) is 0 Å². The first-order valence-corrected chi connectivity index (χ1v) is 7.89. The summed E-state index contributed by atoms with van der Waals surface area (Å²) >= 11 is 0. The Hall–Kier alpha value is -1.69. The van der Waals surface area contributed by atoms with Gasteiger partial charge in [0.05, 0.1) is 31.1 Å². The summed E-state index contributed by atoms with van der Waals surface area (Å²) in [6.45, 7) is 9.21. The van der Waals surface area contributed by atoms with E-state index >= 15 is 0 Å². The lowest BCUT2D eigenvalue weighted by atomic mass is 9.83. The molecule has 23 heavy (non-hydrogen) atoms. The number of hydrogen-bond acceptors (Lipinski definition) is 5. The second-order valence-corrected chi connectivity index (χ2v) is 6.34. The van der Waals surface area contributed by atoms with Crippen molar-refractivity contribution >= 4 is 5.97 Å². The molecule has 3 aliphatic heterocycles. The van der Waals surface area contributed by atoms with Gasteiger partial charge in [-0.3, -0.25) is 0 Å². The van der Waals surface area contributed by atoms with E-state index < -0.39 is 11.9 Å². The topological polar surface area (TPSA) is 54.0 Å². The maximum absolute atomic E-state index is 11.8. The minimum atomic E-state index is -1.15. The van der Waals surface area contributed by atoms with Gasteiger partial charge in [-0.15, -0.1) is 0 Å². The normalized spacial score (nSPS) is 29.3. The molecule has 0 atom stereocenters. The monoisotopic (exact) mass is 318 g/mol. The van der Waals surface area contributed by atoms with Gasteiger partial charge in [0.1, 0.15) is 0 Å². The van der Waals surface area contributed by atoms with Crippen molar-refractivity contribution in [3.63, 3.8) is 0 Å². The van der Waals surface area contributed by atoms with Gasteiger partial charge in [0.25, 0.3) is 0 Å². The molecule has 5 heteroatoms. The molecule has 0 radical (unpaired) electrons. The SMILES string of the molecule is C=C(C)OC(=O)c1ccc(C23OCC(CCC)(CO2)CO3)cc1. The van der Waals surface area contributed by atoms with Gasteiger partial charge in [0.2, 0.25) is 0 Å². The standard InChI is InChI=1S/C18H22O5/c1-4-9-17-10-20-18(21-11-17,22-12-17)15-7-5-14(6-8-15)16(19)23-13(2)3/h5-8H,2,4,9-12H2,1,3H3. The van der Waals surface area contributed by atoms with Crippen LogP contribution >= 0.6 is 0 Å². The number of fused-ring (bicyclic) bond motifs is 3. The lowest BCUT2D eigenvalue weighted by Crippen LogP contribution is -2.58. The van der Waals surface area contributed by atoms with E-state index in [1.54, 1.807) is 31.2 Å². The van der Waals surface area contributed by atoms with Gasteiger partial charge in [-0.2, -0.15) is 0 Å². The van der Waals surface area contributed by atoms with Crippen molar-refractivity contribution < 1.29 is 23.7 Å². The number of benzene rings is 1. The fraction of sp³-hybridized carbons (Fsp3) is 0.500. The second kappa shape index (κ2) is 6.07. The number of ether oxygens (including phenoxy) is 4. The molecule has 0 aromatic heterocycles. The smallest absolute Gasteiger partial charge is 0.343 e. The Kier molecular flexibility index (Phi) is 4.27. The Labute approximate surface area is 136 Å².